The van der Waals surface area contributed by atoms with Gasteiger partial charge in [-0.3, -0.25) is 9.69 Å². The quantitative estimate of drug-likeness (QED) is 0.827. The lowest BCUT2D eigenvalue weighted by atomic mass is 9.92. The number of halogens is 3. The van der Waals surface area contributed by atoms with Crippen LogP contribution in [0.3, 0.4) is 0 Å². The van der Waals surface area contributed by atoms with Crippen LogP contribution in [0.2, 0.25) is 0 Å². The number of carbonyl (C=O) groups is 1. The number of benzene rings is 1. The van der Waals surface area contributed by atoms with Gasteiger partial charge in [-0.15, -0.1) is 11.3 Å². The normalized spacial score (nSPS) is 22.9. The Kier molecular flexibility index (Phi) is 6.09. The number of quaternary nitrogens is 1. The van der Waals surface area contributed by atoms with Crippen molar-refractivity contribution < 1.29 is 22.9 Å². The van der Waals surface area contributed by atoms with E-state index >= 15 is 0 Å². The number of alkyl halides is 3. The summed E-state index contributed by atoms with van der Waals surface area (Å²) in [5.74, 6) is 0.958. The summed E-state index contributed by atoms with van der Waals surface area (Å²) in [5, 5.41) is 2.30. The highest BCUT2D eigenvalue weighted by molar-refractivity contribution is 7.14. The SMILES string of the molecule is CC(=O)N(c1cccc(C(F)(F)F)c1)c1nc(C[NH+]2C[C@H](C)C[C@@H](C)C2)cs1. The number of rotatable bonds is 4. The van der Waals surface area contributed by atoms with Crippen LogP contribution in [-0.4, -0.2) is 24.0 Å². The van der Waals surface area contributed by atoms with E-state index in [0.717, 1.165) is 37.5 Å². The molecule has 1 saturated heterocycles. The number of carbonyl (C=O) groups excluding carboxylic acids is 1. The lowest BCUT2D eigenvalue weighted by Crippen LogP contribution is -3.13. The summed E-state index contributed by atoms with van der Waals surface area (Å²) in [4.78, 5) is 19.5. The molecule has 1 amide bonds. The zero-order valence-electron chi connectivity index (χ0n) is 16.2. The minimum atomic E-state index is -4.46. The summed E-state index contributed by atoms with van der Waals surface area (Å²) in [7, 11) is 0. The van der Waals surface area contributed by atoms with Crippen LogP contribution in [0.1, 0.15) is 38.4 Å². The average molecular weight is 413 g/mol. The van der Waals surface area contributed by atoms with Gasteiger partial charge in [0.2, 0.25) is 5.91 Å². The third kappa shape index (κ3) is 4.91. The molecule has 1 aliphatic heterocycles. The molecule has 1 aliphatic rings. The molecule has 28 heavy (non-hydrogen) atoms. The molecule has 0 aliphatic carbocycles. The van der Waals surface area contributed by atoms with E-state index < -0.39 is 11.7 Å². The van der Waals surface area contributed by atoms with Gasteiger partial charge in [0.1, 0.15) is 12.2 Å². The first-order valence-corrected chi connectivity index (χ1v) is 10.3. The smallest absolute Gasteiger partial charge is 0.329 e. The lowest BCUT2D eigenvalue weighted by Gasteiger charge is -2.31. The van der Waals surface area contributed by atoms with E-state index in [9.17, 15) is 18.0 Å². The minimum Gasteiger partial charge on any atom is -0.329 e. The van der Waals surface area contributed by atoms with Crippen molar-refractivity contribution in [2.24, 2.45) is 11.8 Å². The van der Waals surface area contributed by atoms with Gasteiger partial charge in [-0.2, -0.15) is 13.2 Å². The van der Waals surface area contributed by atoms with Crippen molar-refractivity contribution in [3.63, 3.8) is 0 Å². The predicted octanol–water partition coefficient (Wildman–Crippen LogP) is 3.91. The molecule has 0 spiro atoms. The van der Waals surface area contributed by atoms with E-state index in [2.05, 4.69) is 18.8 Å². The number of thiazole rings is 1. The molecule has 2 heterocycles. The zero-order chi connectivity index (χ0) is 20.5. The Balaban J connectivity index is 1.82. The molecule has 152 valence electrons. The third-order valence-corrected chi connectivity index (χ3v) is 5.86. The van der Waals surface area contributed by atoms with Crippen LogP contribution >= 0.6 is 11.3 Å². The predicted molar refractivity (Wildman–Crippen MR) is 104 cm³/mol. The third-order valence-electron chi connectivity index (χ3n) is 4.99. The molecule has 4 nitrogen and oxygen atoms in total. The maximum absolute atomic E-state index is 13.0. The maximum Gasteiger partial charge on any atom is 0.416 e. The largest absolute Gasteiger partial charge is 0.416 e. The molecule has 0 radical (unpaired) electrons. The van der Waals surface area contributed by atoms with Crippen LogP contribution in [0, 0.1) is 11.8 Å². The summed E-state index contributed by atoms with van der Waals surface area (Å²) >= 11 is 1.28. The van der Waals surface area contributed by atoms with E-state index in [-0.39, 0.29) is 11.6 Å². The van der Waals surface area contributed by atoms with Gasteiger partial charge in [-0.25, -0.2) is 4.98 Å². The van der Waals surface area contributed by atoms with Crippen molar-refractivity contribution in [1.82, 2.24) is 4.98 Å². The first-order chi connectivity index (χ1) is 13.1. The average Bonchev–Trinajstić information content (AvgIpc) is 3.01. The van der Waals surface area contributed by atoms with Crippen molar-refractivity contribution in [1.29, 1.82) is 0 Å². The molecule has 1 N–H and O–H groups in total. The number of amides is 1. The number of nitrogens with one attached hydrogen (secondary N) is 1. The van der Waals surface area contributed by atoms with Crippen molar-refractivity contribution >= 4 is 28.1 Å². The molecule has 2 aromatic rings. The van der Waals surface area contributed by atoms with Gasteiger partial charge in [-0.05, 0) is 24.6 Å². The monoisotopic (exact) mass is 412 g/mol. The molecule has 1 aromatic heterocycles. The number of piperidine rings is 1. The molecule has 0 saturated carbocycles. The van der Waals surface area contributed by atoms with Gasteiger partial charge in [0, 0.05) is 24.1 Å². The van der Waals surface area contributed by atoms with Gasteiger partial charge >= 0.3 is 6.18 Å². The Morgan fingerprint density at radius 2 is 1.96 bits per heavy atom. The topological polar surface area (TPSA) is 37.6 Å². The van der Waals surface area contributed by atoms with E-state index in [4.69, 9.17) is 0 Å². The molecule has 1 aromatic carbocycles. The summed E-state index contributed by atoms with van der Waals surface area (Å²) in [5.41, 5.74) is 0.263. The molecule has 2 atom stereocenters. The fourth-order valence-corrected chi connectivity index (χ4v) is 4.94. The van der Waals surface area contributed by atoms with Crippen LogP contribution in [0.5, 0.6) is 0 Å². The standard InChI is InChI=1S/C20H24F3N3OS/c1-13-7-14(2)10-25(9-13)11-17-12-28-19(24-17)26(15(3)27)18-6-4-5-16(8-18)20(21,22)23/h4-6,8,12-14H,7,9-11H2,1-3H3/p+1/t13-,14-/m1/s1. The summed E-state index contributed by atoms with van der Waals surface area (Å²) in [6.45, 7) is 8.78. The molecular formula is C20H25F3N3OS+. The first-order valence-electron chi connectivity index (χ1n) is 9.39. The fourth-order valence-electron chi connectivity index (χ4n) is 4.05. The molecular weight excluding hydrogens is 387 g/mol. The zero-order valence-corrected chi connectivity index (χ0v) is 17.0. The molecule has 0 unspecified atom stereocenters. The second kappa shape index (κ2) is 8.21. The lowest BCUT2D eigenvalue weighted by molar-refractivity contribution is -0.925. The van der Waals surface area contributed by atoms with Crippen LogP contribution in [0.15, 0.2) is 29.6 Å². The van der Waals surface area contributed by atoms with Gasteiger partial charge in [0.15, 0.2) is 5.13 Å². The molecule has 1 fully saturated rings. The van der Waals surface area contributed by atoms with Gasteiger partial charge < -0.3 is 4.90 Å². The van der Waals surface area contributed by atoms with Gasteiger partial charge in [-0.1, -0.05) is 19.9 Å². The molecule has 3 rings (SSSR count). The fraction of sp³-hybridized carbons (Fsp3) is 0.500. The Morgan fingerprint density at radius 1 is 1.29 bits per heavy atom. The highest BCUT2D eigenvalue weighted by Crippen LogP contribution is 2.34. The van der Waals surface area contributed by atoms with E-state index in [1.165, 1.54) is 46.6 Å². The van der Waals surface area contributed by atoms with Crippen molar-refractivity contribution in [2.45, 2.75) is 39.9 Å². The Bertz CT molecular complexity index is 826. The summed E-state index contributed by atoms with van der Waals surface area (Å²) in [6, 6.07) is 4.79. The number of nitrogens with zero attached hydrogens (tertiary/aromatic N) is 2. The van der Waals surface area contributed by atoms with E-state index in [1.807, 2.05) is 5.38 Å². The maximum atomic E-state index is 13.0. The van der Waals surface area contributed by atoms with Crippen LogP contribution in [0.25, 0.3) is 0 Å². The van der Waals surface area contributed by atoms with Gasteiger partial charge in [0.05, 0.1) is 24.3 Å². The van der Waals surface area contributed by atoms with Crippen molar-refractivity contribution in [2.75, 3.05) is 18.0 Å². The number of anilines is 2. The highest BCUT2D eigenvalue weighted by Gasteiger charge is 2.32. The van der Waals surface area contributed by atoms with Crippen molar-refractivity contribution in [3.05, 3.63) is 40.9 Å². The minimum absolute atomic E-state index is 0.177. The van der Waals surface area contributed by atoms with Crippen LogP contribution in [0.4, 0.5) is 24.0 Å². The van der Waals surface area contributed by atoms with Crippen molar-refractivity contribution in [3.8, 4) is 0 Å². The molecule has 8 heteroatoms. The van der Waals surface area contributed by atoms with Gasteiger partial charge in [0.25, 0.3) is 0 Å². The summed E-state index contributed by atoms with van der Waals surface area (Å²) in [6.07, 6.45) is -3.23. The summed E-state index contributed by atoms with van der Waals surface area (Å²) < 4.78 is 39.1. The highest BCUT2D eigenvalue weighted by atomic mass is 32.1. The number of hydrogen-bond acceptors (Lipinski definition) is 3. The Labute approximate surface area is 167 Å². The molecule has 0 bridgehead atoms. The van der Waals surface area contributed by atoms with E-state index in [1.54, 1.807) is 0 Å². The van der Waals surface area contributed by atoms with E-state index in [0.29, 0.717) is 17.0 Å². The Hall–Kier alpha value is -1.93. The second-order valence-corrected chi connectivity index (χ2v) is 8.64. The Morgan fingerprint density at radius 3 is 2.57 bits per heavy atom. The second-order valence-electron chi connectivity index (χ2n) is 7.81. The number of aromatic nitrogens is 1. The number of likely N-dealkylation sites (tertiary alicyclic amines) is 1. The van der Waals surface area contributed by atoms with Crippen LogP contribution < -0.4 is 9.80 Å². The first kappa shape index (κ1) is 20.8. The van der Waals surface area contributed by atoms with Crippen LogP contribution in [-0.2, 0) is 17.5 Å². The number of hydrogen-bond donors (Lipinski definition) is 1.